The fraction of sp³-hybridized carbons (Fsp3) is 0.625. The Morgan fingerprint density at radius 3 is 2.76 bits per heavy atom. The minimum absolute atomic E-state index is 0.00219. The van der Waals surface area contributed by atoms with Gasteiger partial charge in [-0.15, -0.1) is 11.3 Å². The van der Waals surface area contributed by atoms with Crippen LogP contribution >= 0.6 is 11.3 Å². The number of amides is 3. The Kier molecular flexibility index (Phi) is 5.52. The van der Waals surface area contributed by atoms with Gasteiger partial charge in [0.2, 0.25) is 5.91 Å². The number of hydrogen-bond acceptors (Lipinski definition) is 6. The Labute approximate surface area is 150 Å². The Balaban J connectivity index is 1.68. The van der Waals surface area contributed by atoms with Crippen LogP contribution in [0.4, 0.5) is 4.79 Å². The summed E-state index contributed by atoms with van der Waals surface area (Å²) in [4.78, 5) is 45.9. The molecule has 3 amide bonds. The third-order valence-corrected chi connectivity index (χ3v) is 5.73. The smallest absolute Gasteiger partial charge is 0.321 e. The van der Waals surface area contributed by atoms with Crippen molar-refractivity contribution < 1.29 is 19.1 Å². The SMILES string of the molecule is Cc1ncsc1C(COC=O)N1CCN(CC(=O)N2CCCC2)C1=O. The topological polar surface area (TPSA) is 83.1 Å². The maximum atomic E-state index is 12.8. The van der Waals surface area contributed by atoms with Crippen LogP contribution in [0.5, 0.6) is 0 Å². The van der Waals surface area contributed by atoms with Gasteiger partial charge in [0, 0.05) is 26.2 Å². The molecule has 0 spiro atoms. The molecular weight excluding hydrogens is 344 g/mol. The number of nitrogens with zero attached hydrogens (tertiary/aromatic N) is 4. The lowest BCUT2D eigenvalue weighted by Crippen LogP contribution is -2.42. The molecule has 8 nitrogen and oxygen atoms in total. The van der Waals surface area contributed by atoms with Crippen molar-refractivity contribution in [3.8, 4) is 0 Å². The number of likely N-dealkylation sites (tertiary alicyclic amines) is 1. The highest BCUT2D eigenvalue weighted by Crippen LogP contribution is 2.30. The van der Waals surface area contributed by atoms with E-state index in [0.29, 0.717) is 19.6 Å². The molecule has 2 aliphatic rings. The Morgan fingerprint density at radius 1 is 1.36 bits per heavy atom. The summed E-state index contributed by atoms with van der Waals surface area (Å²) in [7, 11) is 0. The van der Waals surface area contributed by atoms with Gasteiger partial charge in [-0.2, -0.15) is 0 Å². The highest BCUT2D eigenvalue weighted by Gasteiger charge is 2.37. The molecule has 1 unspecified atom stereocenters. The third kappa shape index (κ3) is 3.76. The zero-order valence-electron chi connectivity index (χ0n) is 14.2. The lowest BCUT2D eigenvalue weighted by atomic mass is 10.2. The number of carbonyl (C=O) groups is 3. The average Bonchev–Trinajstić information content (AvgIpc) is 3.33. The van der Waals surface area contributed by atoms with Crippen molar-refractivity contribution in [1.29, 1.82) is 0 Å². The number of hydrogen-bond donors (Lipinski definition) is 0. The highest BCUT2D eigenvalue weighted by molar-refractivity contribution is 7.09. The molecule has 1 aromatic heterocycles. The van der Waals surface area contributed by atoms with Gasteiger partial charge in [0.15, 0.2) is 0 Å². The maximum absolute atomic E-state index is 12.8. The zero-order chi connectivity index (χ0) is 17.8. The molecular formula is C16H22N4O4S. The van der Waals surface area contributed by atoms with E-state index in [9.17, 15) is 14.4 Å². The predicted molar refractivity (Wildman–Crippen MR) is 91.1 cm³/mol. The van der Waals surface area contributed by atoms with E-state index in [2.05, 4.69) is 4.98 Å². The zero-order valence-corrected chi connectivity index (χ0v) is 15.0. The standard InChI is InChI=1S/C16H22N4O4S/c1-12-15(25-10-17-12)13(9-24-11-21)20-7-6-19(16(20)23)8-14(22)18-4-2-3-5-18/h10-11,13H,2-9H2,1H3. The molecule has 0 aromatic carbocycles. The number of ether oxygens (including phenoxy) is 1. The maximum Gasteiger partial charge on any atom is 0.321 e. The molecule has 1 atom stereocenters. The van der Waals surface area contributed by atoms with Gasteiger partial charge in [-0.1, -0.05) is 0 Å². The van der Waals surface area contributed by atoms with Gasteiger partial charge in [-0.25, -0.2) is 9.78 Å². The predicted octanol–water partition coefficient (Wildman–Crippen LogP) is 1.03. The first-order valence-corrected chi connectivity index (χ1v) is 9.28. The molecule has 2 fully saturated rings. The van der Waals surface area contributed by atoms with Crippen molar-refractivity contribution in [2.24, 2.45) is 0 Å². The van der Waals surface area contributed by atoms with Crippen LogP contribution in [0.2, 0.25) is 0 Å². The molecule has 0 bridgehead atoms. The van der Waals surface area contributed by atoms with Crippen LogP contribution in [-0.2, 0) is 14.3 Å². The summed E-state index contributed by atoms with van der Waals surface area (Å²) >= 11 is 1.44. The Morgan fingerprint density at radius 2 is 2.12 bits per heavy atom. The Bertz CT molecular complexity index is 644. The van der Waals surface area contributed by atoms with Crippen LogP contribution in [0.15, 0.2) is 5.51 Å². The monoisotopic (exact) mass is 366 g/mol. The Hall–Kier alpha value is -2.16. The molecule has 2 saturated heterocycles. The first kappa shape index (κ1) is 17.7. The fourth-order valence-corrected chi connectivity index (χ4v) is 4.24. The summed E-state index contributed by atoms with van der Waals surface area (Å²) in [5.41, 5.74) is 2.54. The number of urea groups is 1. The van der Waals surface area contributed by atoms with Crippen molar-refractivity contribution in [3.63, 3.8) is 0 Å². The van der Waals surface area contributed by atoms with Crippen molar-refractivity contribution in [2.45, 2.75) is 25.8 Å². The molecule has 0 radical (unpaired) electrons. The summed E-state index contributed by atoms with van der Waals surface area (Å²) in [5.74, 6) is 0.00219. The summed E-state index contributed by atoms with van der Waals surface area (Å²) in [6.45, 7) is 5.00. The number of carbonyl (C=O) groups excluding carboxylic acids is 3. The van der Waals surface area contributed by atoms with Crippen LogP contribution in [0.3, 0.4) is 0 Å². The molecule has 0 aliphatic carbocycles. The lowest BCUT2D eigenvalue weighted by Gasteiger charge is -2.27. The molecule has 9 heteroatoms. The van der Waals surface area contributed by atoms with Gasteiger partial charge in [0.1, 0.15) is 19.2 Å². The first-order chi connectivity index (χ1) is 12.1. The molecule has 3 rings (SSSR count). The molecule has 2 aliphatic heterocycles. The van der Waals surface area contributed by atoms with Gasteiger partial charge in [-0.05, 0) is 19.8 Å². The van der Waals surface area contributed by atoms with E-state index in [1.54, 1.807) is 15.3 Å². The van der Waals surface area contributed by atoms with Crippen LogP contribution in [0.1, 0.15) is 29.5 Å². The minimum Gasteiger partial charge on any atom is -0.465 e. The number of thiazole rings is 1. The van der Waals surface area contributed by atoms with Gasteiger partial charge in [0.25, 0.3) is 6.47 Å². The van der Waals surface area contributed by atoms with Gasteiger partial charge in [0.05, 0.1) is 16.1 Å². The van der Waals surface area contributed by atoms with E-state index in [1.807, 2.05) is 11.8 Å². The largest absolute Gasteiger partial charge is 0.465 e. The molecule has 0 saturated carbocycles. The quantitative estimate of drug-likeness (QED) is 0.673. The second kappa shape index (κ2) is 7.81. The van der Waals surface area contributed by atoms with Crippen LogP contribution in [0, 0.1) is 6.92 Å². The second-order valence-corrected chi connectivity index (χ2v) is 7.12. The van der Waals surface area contributed by atoms with Crippen LogP contribution < -0.4 is 0 Å². The normalized spacial score (nSPS) is 18.8. The number of aromatic nitrogens is 1. The van der Waals surface area contributed by atoms with E-state index in [4.69, 9.17) is 4.74 Å². The number of aryl methyl sites for hydroxylation is 1. The molecule has 0 N–H and O–H groups in total. The van der Waals surface area contributed by atoms with Gasteiger partial charge in [-0.3, -0.25) is 9.59 Å². The lowest BCUT2D eigenvalue weighted by molar-refractivity contribution is -0.130. The summed E-state index contributed by atoms with van der Waals surface area (Å²) < 4.78 is 4.94. The van der Waals surface area contributed by atoms with E-state index in [-0.39, 0.29) is 31.1 Å². The van der Waals surface area contributed by atoms with Crippen molar-refractivity contribution in [1.82, 2.24) is 19.7 Å². The first-order valence-electron chi connectivity index (χ1n) is 8.40. The summed E-state index contributed by atoms with van der Waals surface area (Å²) in [6, 6.07) is -0.558. The van der Waals surface area contributed by atoms with E-state index < -0.39 is 0 Å². The highest BCUT2D eigenvalue weighted by atomic mass is 32.1. The molecule has 25 heavy (non-hydrogen) atoms. The van der Waals surface area contributed by atoms with Crippen LogP contribution in [0.25, 0.3) is 0 Å². The number of rotatable bonds is 7. The van der Waals surface area contributed by atoms with Crippen molar-refractivity contribution in [3.05, 3.63) is 16.1 Å². The van der Waals surface area contributed by atoms with E-state index in [0.717, 1.165) is 36.5 Å². The van der Waals surface area contributed by atoms with Crippen molar-refractivity contribution in [2.75, 3.05) is 39.3 Å². The van der Waals surface area contributed by atoms with E-state index in [1.165, 1.54) is 11.3 Å². The third-order valence-electron chi connectivity index (χ3n) is 4.70. The van der Waals surface area contributed by atoms with Gasteiger partial charge < -0.3 is 19.4 Å². The summed E-state index contributed by atoms with van der Waals surface area (Å²) in [5, 5.41) is 0. The molecule has 136 valence electrons. The summed E-state index contributed by atoms with van der Waals surface area (Å²) in [6.07, 6.45) is 2.06. The fourth-order valence-electron chi connectivity index (χ4n) is 3.34. The van der Waals surface area contributed by atoms with Crippen molar-refractivity contribution >= 4 is 29.7 Å². The average molecular weight is 366 g/mol. The van der Waals surface area contributed by atoms with Crippen LogP contribution in [-0.4, -0.2) is 77.4 Å². The van der Waals surface area contributed by atoms with E-state index >= 15 is 0 Å². The van der Waals surface area contributed by atoms with Gasteiger partial charge >= 0.3 is 6.03 Å². The molecule has 3 heterocycles. The second-order valence-electron chi connectivity index (χ2n) is 6.23. The molecule has 1 aromatic rings. The minimum atomic E-state index is -0.364.